The van der Waals surface area contributed by atoms with Crippen LogP contribution in [0.4, 0.5) is 0 Å². The molecule has 0 amide bonds. The first-order valence-corrected chi connectivity index (χ1v) is 28.0. The van der Waals surface area contributed by atoms with Gasteiger partial charge in [-0.05, 0) is 51.4 Å². The number of aliphatic hydroxyl groups is 6. The minimum absolute atomic E-state index is 0.0382. The summed E-state index contributed by atoms with van der Waals surface area (Å²) in [6.07, 6.45) is 3.79. The third-order valence-corrected chi connectivity index (χ3v) is 13.9. The van der Waals surface area contributed by atoms with Crippen LogP contribution in [0.2, 0.25) is 0 Å². The van der Waals surface area contributed by atoms with Gasteiger partial charge < -0.3 is 54.8 Å². The Hall–Kier alpha value is -1.93. The number of fused-ring (bicyclic) bond motifs is 4. The Morgan fingerprint density at radius 2 is 1.40 bits per heavy atom. The monoisotopic (exact) mass is 1010 g/mol. The van der Waals surface area contributed by atoms with Crippen LogP contribution in [0.5, 0.6) is 0 Å². The van der Waals surface area contributed by atoms with Gasteiger partial charge in [0.15, 0.2) is 6.10 Å². The van der Waals surface area contributed by atoms with E-state index in [9.17, 15) is 68.8 Å². The molecule has 2 fully saturated rings. The van der Waals surface area contributed by atoms with Crippen molar-refractivity contribution in [3.8, 4) is 0 Å². The first-order chi connectivity index (χ1) is 32.3. The fourth-order valence-electron chi connectivity index (χ4n) is 8.41. The number of aliphatic hydroxyl groups excluding tert-OH is 6. The minimum Gasteiger partial charge on any atom is -0.462 e. The lowest BCUT2D eigenvalue weighted by Crippen LogP contribution is -2.56. The van der Waals surface area contributed by atoms with Gasteiger partial charge >= 0.3 is 27.6 Å². The summed E-state index contributed by atoms with van der Waals surface area (Å²) in [5, 5.41) is 68.2. The van der Waals surface area contributed by atoms with Crippen molar-refractivity contribution >= 4 is 33.4 Å². The molecular formula is C47H84O19P2. The van der Waals surface area contributed by atoms with Crippen molar-refractivity contribution in [2.45, 2.75) is 229 Å². The molecule has 2 bridgehead atoms. The highest BCUT2D eigenvalue weighted by molar-refractivity contribution is 7.47. The first kappa shape index (κ1) is 62.2. The van der Waals surface area contributed by atoms with Crippen LogP contribution >= 0.6 is 15.6 Å². The van der Waals surface area contributed by atoms with E-state index in [0.717, 1.165) is 63.5 Å². The summed E-state index contributed by atoms with van der Waals surface area (Å²) in [4.78, 5) is 70.7. The fourth-order valence-corrected chi connectivity index (χ4v) is 9.94. The third kappa shape index (κ3) is 26.0. The summed E-state index contributed by atoms with van der Waals surface area (Å²) >= 11 is 0. The number of carbonyl (C=O) groups is 3. The van der Waals surface area contributed by atoms with Gasteiger partial charge in [-0.25, -0.2) is 9.13 Å². The molecular weight excluding hydrogens is 930 g/mol. The number of esters is 2. The summed E-state index contributed by atoms with van der Waals surface area (Å²) in [5.74, 6) is -5.64. The predicted octanol–water partition coefficient (Wildman–Crippen LogP) is 6.32. The van der Waals surface area contributed by atoms with E-state index in [4.69, 9.17) is 23.0 Å². The number of Topliss-reactive ketones (excluding diaryl/α,β-unsaturated/α-hetero) is 1. The fraction of sp³-hybridized carbons (Fsp3) is 0.851. The van der Waals surface area contributed by atoms with E-state index in [1.165, 1.54) is 38.5 Å². The summed E-state index contributed by atoms with van der Waals surface area (Å²) in [7, 11) is -11.5. The molecule has 396 valence electrons. The molecule has 2 aliphatic rings. The zero-order chi connectivity index (χ0) is 50.5. The molecule has 21 heteroatoms. The Morgan fingerprint density at radius 3 is 2.04 bits per heavy atom. The molecule has 68 heavy (non-hydrogen) atoms. The van der Waals surface area contributed by atoms with Gasteiger partial charge in [0.2, 0.25) is 0 Å². The van der Waals surface area contributed by atoms with Gasteiger partial charge in [-0.3, -0.25) is 28.0 Å². The largest absolute Gasteiger partial charge is 0.472 e. The molecule has 0 radical (unpaired) electrons. The van der Waals surface area contributed by atoms with Crippen LogP contribution in [0.15, 0.2) is 24.3 Å². The third-order valence-electron chi connectivity index (χ3n) is 12.4. The maximum atomic E-state index is 13.9. The van der Waals surface area contributed by atoms with Gasteiger partial charge in [-0.15, -0.1) is 0 Å². The molecule has 19 nitrogen and oxygen atoms in total. The summed E-state index contributed by atoms with van der Waals surface area (Å²) in [6.45, 7) is 2.56. The maximum absolute atomic E-state index is 13.9. The molecule has 1 heterocycles. The number of ether oxygens (including phenoxy) is 2. The maximum Gasteiger partial charge on any atom is 0.472 e. The first-order valence-electron chi connectivity index (χ1n) is 25.0. The predicted molar refractivity (Wildman–Crippen MR) is 251 cm³/mol. The van der Waals surface area contributed by atoms with E-state index in [0.29, 0.717) is 32.1 Å². The SMILES string of the molecule is CCCCCCCC/C=C\CCCCCCCC(=O)O[C@@H]1COC(=O)CCCCCC[C@@H]2[C@@H](O)[C@H](O)[C@@H](O)[C@H](OP(=O)(O)OC1)[C@H](OP(=O)(O)O)[C@H](O)[C@@H](/C=C/[C@@H](O)CCCCC)C(=O)C[C@@H]2O. The quantitative estimate of drug-likeness (QED) is 0.0221. The van der Waals surface area contributed by atoms with Crippen molar-refractivity contribution in [1.82, 2.24) is 0 Å². The molecule has 1 aliphatic heterocycles. The molecule has 0 aromatic heterocycles. The number of hydrogen-bond donors (Lipinski definition) is 9. The van der Waals surface area contributed by atoms with Crippen molar-refractivity contribution in [3.05, 3.63) is 24.3 Å². The summed E-state index contributed by atoms with van der Waals surface area (Å²) in [5.41, 5.74) is 0. The average molecular weight is 1020 g/mol. The normalized spacial score (nSPS) is 30.7. The Kier molecular flexibility index (Phi) is 31.5. The highest BCUT2D eigenvalue weighted by atomic mass is 31.2. The van der Waals surface area contributed by atoms with Crippen molar-refractivity contribution < 1.29 is 91.9 Å². The van der Waals surface area contributed by atoms with E-state index in [-0.39, 0.29) is 32.1 Å². The number of ketones is 1. The lowest BCUT2D eigenvalue weighted by atomic mass is 9.82. The molecule has 1 saturated heterocycles. The van der Waals surface area contributed by atoms with Gasteiger partial charge in [-0.1, -0.05) is 128 Å². The summed E-state index contributed by atoms with van der Waals surface area (Å²) in [6, 6.07) is 0. The number of unbranched alkanes of at least 4 members (excludes halogenated alkanes) is 13. The van der Waals surface area contributed by atoms with Crippen LogP contribution < -0.4 is 0 Å². The van der Waals surface area contributed by atoms with Crippen molar-refractivity contribution in [1.29, 1.82) is 0 Å². The van der Waals surface area contributed by atoms with Gasteiger partial charge in [0, 0.05) is 25.2 Å². The van der Waals surface area contributed by atoms with Crippen molar-refractivity contribution in [2.75, 3.05) is 13.2 Å². The molecule has 0 aromatic rings. The van der Waals surface area contributed by atoms with Crippen molar-refractivity contribution in [3.63, 3.8) is 0 Å². The highest BCUT2D eigenvalue weighted by Gasteiger charge is 2.51. The number of phosphoric ester groups is 2. The summed E-state index contributed by atoms with van der Waals surface area (Å²) < 4.78 is 52.2. The Morgan fingerprint density at radius 1 is 0.794 bits per heavy atom. The topological polar surface area (TPSA) is 314 Å². The molecule has 1 saturated carbocycles. The van der Waals surface area contributed by atoms with Crippen LogP contribution in [-0.4, -0.2) is 131 Å². The van der Waals surface area contributed by atoms with E-state index in [1.807, 2.05) is 6.92 Å². The average Bonchev–Trinajstić information content (AvgIpc) is 3.28. The lowest BCUT2D eigenvalue weighted by molar-refractivity contribution is -0.165. The molecule has 1 aliphatic carbocycles. The molecule has 12 atom stereocenters. The van der Waals surface area contributed by atoms with Crippen molar-refractivity contribution in [2.24, 2.45) is 11.8 Å². The van der Waals surface area contributed by atoms with Crippen LogP contribution in [-0.2, 0) is 46.6 Å². The molecule has 1 unspecified atom stereocenters. The molecule has 0 spiro atoms. The Balaban J connectivity index is 2.34. The lowest BCUT2D eigenvalue weighted by Gasteiger charge is -2.38. The van der Waals surface area contributed by atoms with Gasteiger partial charge in [-0.2, -0.15) is 0 Å². The number of carbonyl (C=O) groups excluding carboxylic acids is 3. The van der Waals surface area contributed by atoms with Crippen LogP contribution in [0.3, 0.4) is 0 Å². The number of allylic oxidation sites excluding steroid dienone is 2. The number of hydrogen-bond acceptors (Lipinski definition) is 16. The van der Waals surface area contributed by atoms with Gasteiger partial charge in [0.1, 0.15) is 36.8 Å². The van der Waals surface area contributed by atoms with E-state index in [1.54, 1.807) is 0 Å². The van der Waals surface area contributed by atoms with E-state index >= 15 is 0 Å². The highest BCUT2D eigenvalue weighted by Crippen LogP contribution is 2.49. The van der Waals surface area contributed by atoms with E-state index in [2.05, 4.69) is 19.1 Å². The Bertz CT molecular complexity index is 1570. The van der Waals surface area contributed by atoms with Gasteiger partial charge in [0.25, 0.3) is 0 Å². The second-order valence-corrected chi connectivity index (χ2v) is 20.9. The number of rotatable bonds is 24. The van der Waals surface area contributed by atoms with Crippen LogP contribution in [0.25, 0.3) is 0 Å². The smallest absolute Gasteiger partial charge is 0.462 e. The zero-order valence-electron chi connectivity index (χ0n) is 40.3. The molecule has 0 aromatic carbocycles. The molecule has 9 N–H and O–H groups in total. The Labute approximate surface area is 402 Å². The zero-order valence-corrected chi connectivity index (χ0v) is 42.0. The van der Waals surface area contributed by atoms with E-state index < -0.39 is 120 Å². The van der Waals surface area contributed by atoms with Crippen LogP contribution in [0.1, 0.15) is 174 Å². The number of cyclic esters (lactones) is 1. The standard InChI is InChI=1S/C47H84O19P2/c1-3-5-7-8-9-10-11-12-13-14-15-16-17-18-24-28-41(52)64-35-32-62-40(51)27-23-20-19-22-26-36-38(49)31-39(50)37(30-29-34(48)25-21-6-4-2)43(54)46(65-67(57,58)59)47(45(56)44(55)42(36)53)66-68(60,61)63-33-35/h12-13,29-30,34-38,42-49,53-56H,3-11,14-28,31-33H2,1-2H3,(H,60,61)(H2,57,58,59)/b13-12-,30-29+/t34-,35+,36-,37-,38-,42+,43+,44-,45+,46+,47-/m0/s1. The number of phosphoric acid groups is 2. The second kappa shape index (κ2) is 34.4. The van der Waals surface area contributed by atoms with Gasteiger partial charge in [0.05, 0.1) is 36.9 Å². The molecule has 2 rings (SSSR count). The minimum atomic E-state index is -5.79. The second-order valence-electron chi connectivity index (χ2n) is 18.3. The van der Waals surface area contributed by atoms with Crippen LogP contribution in [0, 0.1) is 11.8 Å².